The molecule has 0 atom stereocenters. The van der Waals surface area contributed by atoms with Crippen molar-refractivity contribution in [1.29, 1.82) is 0 Å². The third-order valence-corrected chi connectivity index (χ3v) is 3.56. The second kappa shape index (κ2) is 12.2. The van der Waals surface area contributed by atoms with E-state index in [1.807, 2.05) is 12.1 Å². The van der Waals surface area contributed by atoms with Gasteiger partial charge in [-0.1, -0.05) is 17.7 Å². The lowest BCUT2D eigenvalue weighted by atomic mass is 10.2. The zero-order valence-electron chi connectivity index (χ0n) is 15.2. The number of hydrogen-bond donors (Lipinski definition) is 3. The van der Waals surface area contributed by atoms with E-state index in [-0.39, 0.29) is 0 Å². The van der Waals surface area contributed by atoms with Gasteiger partial charge in [-0.3, -0.25) is 0 Å². The summed E-state index contributed by atoms with van der Waals surface area (Å²) in [6.07, 6.45) is 1.74. The average Bonchev–Trinajstić information content (AvgIpc) is 2.69. The van der Waals surface area contributed by atoms with E-state index in [9.17, 15) is 0 Å². The molecule has 0 aliphatic carbocycles. The maximum absolute atomic E-state index is 5.95. The summed E-state index contributed by atoms with van der Waals surface area (Å²) in [7, 11) is 0. The van der Waals surface area contributed by atoms with Crippen LogP contribution >= 0.6 is 11.6 Å². The van der Waals surface area contributed by atoms with Crippen molar-refractivity contribution in [3.05, 3.63) is 41.9 Å². The van der Waals surface area contributed by atoms with Crippen LogP contribution in [0.15, 0.2) is 36.9 Å². The molecule has 0 fully saturated rings. The first kappa shape index (κ1) is 21.0. The molecule has 2 rings (SSSR count). The Balaban J connectivity index is 1.94. The predicted octanol–water partition coefficient (Wildman–Crippen LogP) is 2.19. The van der Waals surface area contributed by atoms with Crippen molar-refractivity contribution < 1.29 is 9.47 Å². The minimum atomic E-state index is 0.462. The van der Waals surface area contributed by atoms with Crippen LogP contribution in [-0.4, -0.2) is 61.0 Å². The molecule has 1 aromatic carbocycles. The Labute approximate surface area is 164 Å². The molecule has 27 heavy (non-hydrogen) atoms. The highest BCUT2D eigenvalue weighted by Crippen LogP contribution is 2.20. The van der Waals surface area contributed by atoms with Crippen LogP contribution in [0.1, 0.15) is 0 Å². The fraction of sp³-hybridized carbons (Fsp3) is 0.389. The summed E-state index contributed by atoms with van der Waals surface area (Å²) in [5.74, 6) is 1.48. The van der Waals surface area contributed by atoms with Crippen LogP contribution in [0.3, 0.4) is 0 Å². The van der Waals surface area contributed by atoms with Crippen molar-refractivity contribution in [2.45, 2.75) is 0 Å². The van der Waals surface area contributed by atoms with E-state index in [2.05, 4.69) is 32.2 Å². The van der Waals surface area contributed by atoms with Crippen molar-refractivity contribution in [1.82, 2.24) is 15.0 Å². The molecule has 2 aromatic rings. The quantitative estimate of drug-likeness (QED) is 0.352. The fourth-order valence-corrected chi connectivity index (χ4v) is 2.19. The number of aromatic nitrogens is 3. The second-order valence-electron chi connectivity index (χ2n) is 5.42. The minimum absolute atomic E-state index is 0.462. The van der Waals surface area contributed by atoms with Crippen LogP contribution in [0.2, 0.25) is 5.02 Å². The van der Waals surface area contributed by atoms with Crippen molar-refractivity contribution in [2.75, 3.05) is 56.7 Å². The number of halogens is 1. The predicted molar refractivity (Wildman–Crippen MR) is 108 cm³/mol. The number of benzene rings is 1. The van der Waals surface area contributed by atoms with Crippen LogP contribution in [-0.2, 0) is 9.47 Å². The standard InChI is InChI=1S/C18H25ClN6O2/c1-2-8-21-17-23-16(14-3-5-15(19)6-4-14)24-18(25-17)22-9-11-27-13-12-26-10-7-20/h2-6H,1,7-13,20H2,(H2,21,22,23,24,25). The van der Waals surface area contributed by atoms with Crippen molar-refractivity contribution in [3.63, 3.8) is 0 Å². The van der Waals surface area contributed by atoms with E-state index in [0.29, 0.717) is 68.8 Å². The SMILES string of the molecule is C=CCNc1nc(NCCOCCOCCN)nc(-c2ccc(Cl)cc2)n1. The maximum atomic E-state index is 5.95. The van der Waals surface area contributed by atoms with Gasteiger partial charge in [0.05, 0.1) is 26.4 Å². The first-order valence-electron chi connectivity index (χ1n) is 8.69. The summed E-state index contributed by atoms with van der Waals surface area (Å²) in [6.45, 7) is 7.40. The van der Waals surface area contributed by atoms with E-state index < -0.39 is 0 Å². The average molecular weight is 393 g/mol. The van der Waals surface area contributed by atoms with Gasteiger partial charge in [-0.25, -0.2) is 0 Å². The van der Waals surface area contributed by atoms with Gasteiger partial charge < -0.3 is 25.8 Å². The molecule has 0 saturated carbocycles. The first-order valence-corrected chi connectivity index (χ1v) is 9.07. The minimum Gasteiger partial charge on any atom is -0.378 e. The molecular weight excluding hydrogens is 368 g/mol. The highest BCUT2D eigenvalue weighted by Gasteiger charge is 2.08. The number of nitrogens with two attached hydrogens (primary N) is 1. The largest absolute Gasteiger partial charge is 0.378 e. The van der Waals surface area contributed by atoms with Gasteiger partial charge in [-0.2, -0.15) is 15.0 Å². The molecule has 0 saturated heterocycles. The lowest BCUT2D eigenvalue weighted by molar-refractivity contribution is 0.0547. The first-order chi connectivity index (χ1) is 13.2. The molecule has 1 aromatic heterocycles. The number of rotatable bonds is 13. The van der Waals surface area contributed by atoms with Crippen molar-refractivity contribution in [2.24, 2.45) is 5.73 Å². The number of nitrogens with one attached hydrogen (secondary N) is 2. The number of nitrogens with zero attached hydrogens (tertiary/aromatic N) is 3. The van der Waals surface area contributed by atoms with Crippen molar-refractivity contribution in [3.8, 4) is 11.4 Å². The number of anilines is 2. The highest BCUT2D eigenvalue weighted by atomic mass is 35.5. The molecule has 0 unspecified atom stereocenters. The second-order valence-corrected chi connectivity index (χ2v) is 5.86. The highest BCUT2D eigenvalue weighted by molar-refractivity contribution is 6.30. The summed E-state index contributed by atoms with van der Waals surface area (Å²) in [4.78, 5) is 13.3. The van der Waals surface area contributed by atoms with Gasteiger partial charge in [0.25, 0.3) is 0 Å². The Morgan fingerprint density at radius 3 is 2.30 bits per heavy atom. The van der Waals surface area contributed by atoms with E-state index in [1.54, 1.807) is 18.2 Å². The Morgan fingerprint density at radius 1 is 0.963 bits per heavy atom. The molecule has 0 aliphatic heterocycles. The van der Waals surface area contributed by atoms with E-state index in [0.717, 1.165) is 5.56 Å². The molecular formula is C18H25ClN6O2. The third kappa shape index (κ3) is 7.88. The molecule has 8 nitrogen and oxygen atoms in total. The summed E-state index contributed by atoms with van der Waals surface area (Å²) in [5, 5.41) is 6.88. The number of hydrogen-bond acceptors (Lipinski definition) is 8. The molecule has 0 aliphatic rings. The van der Waals surface area contributed by atoms with E-state index in [4.69, 9.17) is 26.8 Å². The van der Waals surface area contributed by atoms with Gasteiger partial charge in [0.2, 0.25) is 11.9 Å². The normalized spacial score (nSPS) is 10.6. The molecule has 146 valence electrons. The Bertz CT molecular complexity index is 699. The molecule has 0 amide bonds. The summed E-state index contributed by atoms with van der Waals surface area (Å²) in [5.41, 5.74) is 6.19. The van der Waals surface area contributed by atoms with E-state index in [1.165, 1.54) is 0 Å². The van der Waals surface area contributed by atoms with E-state index >= 15 is 0 Å². The Kier molecular flexibility index (Phi) is 9.50. The summed E-state index contributed by atoms with van der Waals surface area (Å²) < 4.78 is 10.7. The Morgan fingerprint density at radius 2 is 1.63 bits per heavy atom. The van der Waals surface area contributed by atoms with Crippen LogP contribution in [0.5, 0.6) is 0 Å². The Hall–Kier alpha value is -2.26. The van der Waals surface area contributed by atoms with Crippen LogP contribution in [0.25, 0.3) is 11.4 Å². The smallest absolute Gasteiger partial charge is 0.228 e. The molecule has 0 spiro atoms. The van der Waals surface area contributed by atoms with Crippen molar-refractivity contribution >= 4 is 23.5 Å². The molecule has 0 radical (unpaired) electrons. The maximum Gasteiger partial charge on any atom is 0.228 e. The van der Waals surface area contributed by atoms with Crippen LogP contribution in [0.4, 0.5) is 11.9 Å². The van der Waals surface area contributed by atoms with Crippen LogP contribution < -0.4 is 16.4 Å². The van der Waals surface area contributed by atoms with Gasteiger partial charge in [0, 0.05) is 30.2 Å². The molecule has 0 bridgehead atoms. The van der Waals surface area contributed by atoms with Gasteiger partial charge in [0.1, 0.15) is 0 Å². The topological polar surface area (TPSA) is 107 Å². The zero-order chi connectivity index (χ0) is 19.3. The molecule has 4 N–H and O–H groups in total. The lowest BCUT2D eigenvalue weighted by Crippen LogP contribution is -2.16. The fourth-order valence-electron chi connectivity index (χ4n) is 2.07. The lowest BCUT2D eigenvalue weighted by Gasteiger charge is -2.10. The van der Waals surface area contributed by atoms with Crippen LogP contribution in [0, 0.1) is 0 Å². The summed E-state index contributed by atoms with van der Waals surface area (Å²) in [6, 6.07) is 7.32. The van der Waals surface area contributed by atoms with Gasteiger partial charge >= 0.3 is 0 Å². The zero-order valence-corrected chi connectivity index (χ0v) is 15.9. The summed E-state index contributed by atoms with van der Waals surface area (Å²) >= 11 is 5.95. The van der Waals surface area contributed by atoms with Gasteiger partial charge in [-0.05, 0) is 24.3 Å². The number of ether oxygens (including phenoxy) is 2. The van der Waals surface area contributed by atoms with Gasteiger partial charge in [0.15, 0.2) is 5.82 Å². The van der Waals surface area contributed by atoms with Gasteiger partial charge in [-0.15, -0.1) is 6.58 Å². The third-order valence-electron chi connectivity index (χ3n) is 3.31. The molecule has 9 heteroatoms. The monoisotopic (exact) mass is 392 g/mol. The molecule has 1 heterocycles.